The van der Waals surface area contributed by atoms with Crippen molar-refractivity contribution in [3.05, 3.63) is 85.0 Å². The second kappa shape index (κ2) is 6.12. The van der Waals surface area contributed by atoms with E-state index in [9.17, 15) is 4.39 Å². The van der Waals surface area contributed by atoms with Crippen LogP contribution in [-0.2, 0) is 6.61 Å². The van der Waals surface area contributed by atoms with E-state index in [0.717, 1.165) is 16.8 Å². The third kappa shape index (κ3) is 2.84. The van der Waals surface area contributed by atoms with Crippen molar-refractivity contribution >= 4 is 5.52 Å². The summed E-state index contributed by atoms with van der Waals surface area (Å²) in [6.07, 6.45) is 7.11. The molecule has 0 saturated heterocycles. The lowest BCUT2D eigenvalue weighted by Crippen LogP contribution is -1.99. The van der Waals surface area contributed by atoms with Gasteiger partial charge in [-0.05, 0) is 36.4 Å². The number of halogens is 1. The van der Waals surface area contributed by atoms with Crippen LogP contribution in [0.2, 0.25) is 0 Å². The normalized spacial score (nSPS) is 10.9. The van der Waals surface area contributed by atoms with Crippen LogP contribution < -0.4 is 4.74 Å². The number of imidazole rings is 1. The van der Waals surface area contributed by atoms with Gasteiger partial charge in [-0.15, -0.1) is 0 Å². The van der Waals surface area contributed by atoms with Crippen molar-refractivity contribution in [2.45, 2.75) is 6.61 Å². The highest BCUT2D eigenvalue weighted by atomic mass is 19.1. The van der Waals surface area contributed by atoms with E-state index in [2.05, 4.69) is 9.97 Å². The predicted octanol–water partition coefficient (Wildman–Crippen LogP) is 4.11. The first-order chi connectivity index (χ1) is 11.8. The number of hydrogen-bond acceptors (Lipinski definition) is 3. The molecule has 3 heterocycles. The molecule has 3 aromatic heterocycles. The molecule has 0 atom stereocenters. The number of fused-ring (bicyclic) bond motifs is 1. The molecule has 5 heteroatoms. The molecule has 4 aromatic rings. The van der Waals surface area contributed by atoms with E-state index in [1.807, 2.05) is 40.9 Å². The van der Waals surface area contributed by atoms with Crippen LogP contribution in [0.25, 0.3) is 16.6 Å². The van der Waals surface area contributed by atoms with Crippen LogP contribution in [0.1, 0.15) is 5.69 Å². The predicted molar refractivity (Wildman–Crippen MR) is 89.2 cm³/mol. The van der Waals surface area contributed by atoms with E-state index >= 15 is 0 Å². The van der Waals surface area contributed by atoms with Crippen LogP contribution in [0.3, 0.4) is 0 Å². The van der Waals surface area contributed by atoms with E-state index in [1.54, 1.807) is 24.8 Å². The lowest BCUT2D eigenvalue weighted by Gasteiger charge is -2.12. The molecule has 0 aliphatic rings. The zero-order valence-corrected chi connectivity index (χ0v) is 12.8. The van der Waals surface area contributed by atoms with Crippen molar-refractivity contribution in [1.29, 1.82) is 0 Å². The van der Waals surface area contributed by atoms with Crippen LogP contribution in [0.15, 0.2) is 73.4 Å². The largest absolute Gasteiger partial charge is 0.487 e. The van der Waals surface area contributed by atoms with Crippen LogP contribution in [-0.4, -0.2) is 14.4 Å². The summed E-state index contributed by atoms with van der Waals surface area (Å²) in [7, 11) is 0. The maximum atomic E-state index is 13.8. The molecule has 4 rings (SSSR count). The standard InChI is InChI=1S/C19H14FN3O/c20-15-5-7-19(24-12-16-3-1-2-8-22-16)18(9-15)14-4-6-17-10-21-13-23(17)11-14/h1-11,13H,12H2. The van der Waals surface area contributed by atoms with E-state index in [4.69, 9.17) is 4.74 Å². The molecule has 4 nitrogen and oxygen atoms in total. The van der Waals surface area contributed by atoms with Gasteiger partial charge in [-0.25, -0.2) is 9.37 Å². The first-order valence-electron chi connectivity index (χ1n) is 7.54. The van der Waals surface area contributed by atoms with Gasteiger partial charge in [-0.1, -0.05) is 12.1 Å². The molecule has 1 aromatic carbocycles. The molecule has 0 saturated carbocycles. The zero-order valence-electron chi connectivity index (χ0n) is 12.8. The van der Waals surface area contributed by atoms with E-state index in [1.165, 1.54) is 12.1 Å². The Balaban J connectivity index is 1.70. The van der Waals surface area contributed by atoms with Crippen LogP contribution in [0.4, 0.5) is 4.39 Å². The molecule has 24 heavy (non-hydrogen) atoms. The van der Waals surface area contributed by atoms with Crippen molar-refractivity contribution in [3.63, 3.8) is 0 Å². The van der Waals surface area contributed by atoms with Gasteiger partial charge in [0.05, 0.1) is 23.7 Å². The molecule has 0 fully saturated rings. The van der Waals surface area contributed by atoms with Gasteiger partial charge in [-0.2, -0.15) is 0 Å². The topological polar surface area (TPSA) is 39.4 Å². The molecule has 0 N–H and O–H groups in total. The Labute approximate surface area is 138 Å². The first-order valence-corrected chi connectivity index (χ1v) is 7.54. The van der Waals surface area contributed by atoms with Gasteiger partial charge in [0.15, 0.2) is 0 Å². The average Bonchev–Trinajstić information content (AvgIpc) is 3.09. The molecule has 0 radical (unpaired) electrons. The van der Waals surface area contributed by atoms with E-state index < -0.39 is 0 Å². The molecule has 0 unspecified atom stereocenters. The summed E-state index contributed by atoms with van der Waals surface area (Å²) in [5, 5.41) is 0. The second-order valence-electron chi connectivity index (χ2n) is 5.39. The average molecular weight is 319 g/mol. The van der Waals surface area contributed by atoms with Gasteiger partial charge in [0.25, 0.3) is 0 Å². The molecule has 0 bridgehead atoms. The number of hydrogen-bond donors (Lipinski definition) is 0. The van der Waals surface area contributed by atoms with Crippen molar-refractivity contribution in [1.82, 2.24) is 14.4 Å². The van der Waals surface area contributed by atoms with Gasteiger partial charge < -0.3 is 9.14 Å². The summed E-state index contributed by atoms with van der Waals surface area (Å²) in [6.45, 7) is 0.326. The van der Waals surface area contributed by atoms with Gasteiger partial charge in [0, 0.05) is 23.5 Å². The number of pyridine rings is 2. The van der Waals surface area contributed by atoms with Crippen molar-refractivity contribution in [2.24, 2.45) is 0 Å². The maximum Gasteiger partial charge on any atom is 0.130 e. The Morgan fingerprint density at radius 1 is 1.08 bits per heavy atom. The van der Waals surface area contributed by atoms with Crippen molar-refractivity contribution in [2.75, 3.05) is 0 Å². The monoisotopic (exact) mass is 319 g/mol. The fourth-order valence-electron chi connectivity index (χ4n) is 2.57. The lowest BCUT2D eigenvalue weighted by atomic mass is 10.1. The molecule has 0 amide bonds. The minimum Gasteiger partial charge on any atom is -0.487 e. The molecule has 0 aliphatic heterocycles. The fourth-order valence-corrected chi connectivity index (χ4v) is 2.57. The molecule has 118 valence electrons. The molecular formula is C19H14FN3O. The summed E-state index contributed by atoms with van der Waals surface area (Å²) in [5.41, 5.74) is 3.35. The number of rotatable bonds is 4. The quantitative estimate of drug-likeness (QED) is 0.568. The van der Waals surface area contributed by atoms with Crippen LogP contribution in [0.5, 0.6) is 5.75 Å². The third-order valence-corrected chi connectivity index (χ3v) is 3.76. The number of nitrogens with zero attached hydrogens (tertiary/aromatic N) is 3. The highest BCUT2D eigenvalue weighted by molar-refractivity contribution is 5.71. The zero-order chi connectivity index (χ0) is 16.4. The number of ether oxygens (including phenoxy) is 1. The van der Waals surface area contributed by atoms with Gasteiger partial charge in [0.2, 0.25) is 0 Å². The maximum absolute atomic E-state index is 13.8. The van der Waals surface area contributed by atoms with Crippen molar-refractivity contribution in [3.8, 4) is 16.9 Å². The molecule has 0 spiro atoms. The lowest BCUT2D eigenvalue weighted by molar-refractivity contribution is 0.302. The van der Waals surface area contributed by atoms with E-state index in [0.29, 0.717) is 17.9 Å². The van der Waals surface area contributed by atoms with Gasteiger partial charge in [0.1, 0.15) is 18.2 Å². The Morgan fingerprint density at radius 3 is 2.92 bits per heavy atom. The summed E-state index contributed by atoms with van der Waals surface area (Å²) >= 11 is 0. The minimum absolute atomic E-state index is 0.305. The second-order valence-corrected chi connectivity index (χ2v) is 5.39. The van der Waals surface area contributed by atoms with Gasteiger partial charge >= 0.3 is 0 Å². The first kappa shape index (κ1) is 14.4. The summed E-state index contributed by atoms with van der Waals surface area (Å²) in [4.78, 5) is 8.34. The van der Waals surface area contributed by atoms with Crippen molar-refractivity contribution < 1.29 is 9.13 Å². The molecular weight excluding hydrogens is 305 g/mol. The Morgan fingerprint density at radius 2 is 2.04 bits per heavy atom. The van der Waals surface area contributed by atoms with Crippen LogP contribution in [0, 0.1) is 5.82 Å². The smallest absolute Gasteiger partial charge is 0.130 e. The summed E-state index contributed by atoms with van der Waals surface area (Å²) in [5.74, 6) is 0.308. The highest BCUT2D eigenvalue weighted by Gasteiger charge is 2.10. The Bertz CT molecular complexity index is 982. The molecule has 0 aliphatic carbocycles. The minimum atomic E-state index is -0.305. The Kier molecular flexibility index (Phi) is 3.67. The Hall–Kier alpha value is -3.21. The fraction of sp³-hybridized carbons (Fsp3) is 0.0526. The third-order valence-electron chi connectivity index (χ3n) is 3.76. The van der Waals surface area contributed by atoms with Crippen LogP contribution >= 0.6 is 0 Å². The number of benzene rings is 1. The number of aromatic nitrogens is 3. The highest BCUT2D eigenvalue weighted by Crippen LogP contribution is 2.31. The van der Waals surface area contributed by atoms with E-state index in [-0.39, 0.29) is 5.82 Å². The SMILES string of the molecule is Fc1ccc(OCc2ccccn2)c(-c2ccc3cncn3c2)c1. The van der Waals surface area contributed by atoms with Gasteiger partial charge in [-0.3, -0.25) is 4.98 Å². The summed E-state index contributed by atoms with van der Waals surface area (Å²) in [6, 6.07) is 14.0. The summed E-state index contributed by atoms with van der Waals surface area (Å²) < 4.78 is 21.5.